The zero-order valence-electron chi connectivity index (χ0n) is 11.9. The van der Waals surface area contributed by atoms with Crippen molar-refractivity contribution in [1.29, 1.82) is 10.5 Å². The molecule has 0 heterocycles. The van der Waals surface area contributed by atoms with Crippen molar-refractivity contribution in [3.8, 4) is 17.9 Å². The SMILES string of the molecule is Cc1cccc(OCCC(C#N)c2cccc(C#N)c2)c1. The summed E-state index contributed by atoms with van der Waals surface area (Å²) in [4.78, 5) is 0. The van der Waals surface area contributed by atoms with Gasteiger partial charge in [-0.3, -0.25) is 0 Å². The van der Waals surface area contributed by atoms with Gasteiger partial charge in [0.15, 0.2) is 0 Å². The van der Waals surface area contributed by atoms with E-state index in [1.165, 1.54) is 0 Å². The molecule has 0 N–H and O–H groups in total. The number of nitrogens with zero attached hydrogens (tertiary/aromatic N) is 2. The third-order valence-electron chi connectivity index (χ3n) is 3.24. The van der Waals surface area contributed by atoms with Gasteiger partial charge in [0.2, 0.25) is 0 Å². The summed E-state index contributed by atoms with van der Waals surface area (Å²) in [5.74, 6) is 0.556. The first kappa shape index (κ1) is 14.6. The first-order valence-electron chi connectivity index (χ1n) is 6.82. The fraction of sp³-hybridized carbons (Fsp3) is 0.222. The first-order chi connectivity index (χ1) is 10.2. The number of nitriles is 2. The van der Waals surface area contributed by atoms with Crippen LogP contribution in [0.1, 0.15) is 29.0 Å². The number of ether oxygens (including phenoxy) is 1. The summed E-state index contributed by atoms with van der Waals surface area (Å²) in [7, 11) is 0. The highest BCUT2D eigenvalue weighted by Gasteiger charge is 2.11. The van der Waals surface area contributed by atoms with Crippen LogP contribution in [0, 0.1) is 29.6 Å². The minimum absolute atomic E-state index is 0.261. The van der Waals surface area contributed by atoms with Crippen molar-refractivity contribution in [2.75, 3.05) is 6.61 Å². The Hall–Kier alpha value is -2.78. The van der Waals surface area contributed by atoms with E-state index < -0.39 is 0 Å². The van der Waals surface area contributed by atoms with Crippen LogP contribution in [0.4, 0.5) is 0 Å². The van der Waals surface area contributed by atoms with Crippen molar-refractivity contribution >= 4 is 0 Å². The number of benzene rings is 2. The molecule has 3 nitrogen and oxygen atoms in total. The van der Waals surface area contributed by atoms with Crippen molar-refractivity contribution < 1.29 is 4.74 Å². The van der Waals surface area contributed by atoms with E-state index in [4.69, 9.17) is 10.00 Å². The molecule has 21 heavy (non-hydrogen) atoms. The molecule has 0 saturated heterocycles. The van der Waals surface area contributed by atoms with E-state index in [1.807, 2.05) is 37.3 Å². The molecule has 0 saturated carbocycles. The van der Waals surface area contributed by atoms with Crippen molar-refractivity contribution in [1.82, 2.24) is 0 Å². The highest BCUT2D eigenvalue weighted by molar-refractivity contribution is 5.36. The van der Waals surface area contributed by atoms with E-state index in [0.29, 0.717) is 18.6 Å². The van der Waals surface area contributed by atoms with Crippen LogP contribution in [0.15, 0.2) is 48.5 Å². The van der Waals surface area contributed by atoms with Gasteiger partial charge in [-0.2, -0.15) is 10.5 Å². The Kier molecular flexibility index (Phi) is 4.96. The predicted octanol–water partition coefficient (Wildman–Crippen LogP) is 3.94. The monoisotopic (exact) mass is 276 g/mol. The van der Waals surface area contributed by atoms with Gasteiger partial charge in [0.05, 0.1) is 30.2 Å². The highest BCUT2D eigenvalue weighted by atomic mass is 16.5. The van der Waals surface area contributed by atoms with Gasteiger partial charge in [0.1, 0.15) is 5.75 Å². The molecule has 1 unspecified atom stereocenters. The minimum atomic E-state index is -0.261. The van der Waals surface area contributed by atoms with E-state index in [0.717, 1.165) is 16.9 Å². The summed E-state index contributed by atoms with van der Waals surface area (Å²) in [6.45, 7) is 2.48. The van der Waals surface area contributed by atoms with Crippen LogP contribution in [0.5, 0.6) is 5.75 Å². The van der Waals surface area contributed by atoms with Crippen LogP contribution in [-0.2, 0) is 0 Å². The summed E-state index contributed by atoms with van der Waals surface area (Å²) >= 11 is 0. The van der Waals surface area contributed by atoms with Crippen LogP contribution >= 0.6 is 0 Å². The van der Waals surface area contributed by atoms with Gasteiger partial charge < -0.3 is 4.74 Å². The third kappa shape index (κ3) is 4.09. The fourth-order valence-electron chi connectivity index (χ4n) is 2.13. The number of hydrogen-bond donors (Lipinski definition) is 0. The highest BCUT2D eigenvalue weighted by Crippen LogP contribution is 2.21. The third-order valence-corrected chi connectivity index (χ3v) is 3.24. The van der Waals surface area contributed by atoms with Crippen LogP contribution in [0.25, 0.3) is 0 Å². The summed E-state index contributed by atoms with van der Waals surface area (Å²) in [5.41, 5.74) is 2.59. The molecule has 0 amide bonds. The Bertz CT molecular complexity index is 695. The van der Waals surface area contributed by atoms with Gasteiger partial charge in [-0.05, 0) is 42.3 Å². The average molecular weight is 276 g/mol. The van der Waals surface area contributed by atoms with Gasteiger partial charge >= 0.3 is 0 Å². The molecule has 0 aliphatic carbocycles. The minimum Gasteiger partial charge on any atom is -0.494 e. The van der Waals surface area contributed by atoms with Gasteiger partial charge in [0, 0.05) is 6.42 Å². The smallest absolute Gasteiger partial charge is 0.119 e. The number of rotatable bonds is 5. The zero-order valence-corrected chi connectivity index (χ0v) is 11.9. The van der Waals surface area contributed by atoms with Crippen molar-refractivity contribution in [2.45, 2.75) is 19.3 Å². The Morgan fingerprint density at radius 1 is 1.10 bits per heavy atom. The van der Waals surface area contributed by atoms with Crippen LogP contribution in [0.2, 0.25) is 0 Å². The Balaban J connectivity index is 1.97. The maximum Gasteiger partial charge on any atom is 0.119 e. The predicted molar refractivity (Wildman–Crippen MR) is 80.8 cm³/mol. The molecule has 0 spiro atoms. The second-order valence-electron chi connectivity index (χ2n) is 4.87. The Morgan fingerprint density at radius 2 is 1.90 bits per heavy atom. The lowest BCUT2D eigenvalue weighted by Crippen LogP contribution is -2.05. The molecule has 3 heteroatoms. The maximum atomic E-state index is 9.30. The average Bonchev–Trinajstić information content (AvgIpc) is 2.52. The van der Waals surface area contributed by atoms with Crippen molar-refractivity contribution in [3.63, 3.8) is 0 Å². The van der Waals surface area contributed by atoms with E-state index in [2.05, 4.69) is 12.1 Å². The summed E-state index contributed by atoms with van der Waals surface area (Å²) in [5, 5.41) is 18.2. The standard InChI is InChI=1S/C18H16N2O/c1-14-4-2-7-18(10-14)21-9-8-17(13-20)16-6-3-5-15(11-16)12-19/h2-7,10-11,17H,8-9H2,1H3. The van der Waals surface area contributed by atoms with Crippen LogP contribution < -0.4 is 4.74 Å². The van der Waals surface area contributed by atoms with Gasteiger partial charge in [0.25, 0.3) is 0 Å². The molecule has 2 aromatic rings. The van der Waals surface area contributed by atoms with E-state index >= 15 is 0 Å². The van der Waals surface area contributed by atoms with Crippen LogP contribution in [0.3, 0.4) is 0 Å². The quantitative estimate of drug-likeness (QED) is 0.831. The fourth-order valence-corrected chi connectivity index (χ4v) is 2.13. The molecule has 0 radical (unpaired) electrons. The molecular formula is C18H16N2O. The van der Waals surface area contributed by atoms with Gasteiger partial charge in [-0.25, -0.2) is 0 Å². The molecule has 1 atom stereocenters. The molecule has 0 aliphatic rings. The first-order valence-corrected chi connectivity index (χ1v) is 6.82. The van der Waals surface area contributed by atoms with Crippen molar-refractivity contribution in [3.05, 3.63) is 65.2 Å². The molecule has 0 bridgehead atoms. The van der Waals surface area contributed by atoms with E-state index in [9.17, 15) is 5.26 Å². The van der Waals surface area contributed by atoms with E-state index in [-0.39, 0.29) is 5.92 Å². The second-order valence-corrected chi connectivity index (χ2v) is 4.87. The van der Waals surface area contributed by atoms with E-state index in [1.54, 1.807) is 18.2 Å². The normalized spacial score (nSPS) is 11.2. The lowest BCUT2D eigenvalue weighted by molar-refractivity contribution is 0.306. The topological polar surface area (TPSA) is 56.8 Å². The summed E-state index contributed by atoms with van der Waals surface area (Å²) in [6, 6.07) is 19.4. The molecule has 0 aromatic heterocycles. The molecule has 104 valence electrons. The molecule has 2 aromatic carbocycles. The summed E-state index contributed by atoms with van der Waals surface area (Å²) < 4.78 is 5.68. The Morgan fingerprint density at radius 3 is 2.62 bits per heavy atom. The lowest BCUT2D eigenvalue weighted by atomic mass is 9.96. The van der Waals surface area contributed by atoms with Crippen molar-refractivity contribution in [2.24, 2.45) is 0 Å². The summed E-state index contributed by atoms with van der Waals surface area (Å²) in [6.07, 6.45) is 0.597. The van der Waals surface area contributed by atoms with Gasteiger partial charge in [-0.15, -0.1) is 0 Å². The Labute approximate surface area is 125 Å². The second kappa shape index (κ2) is 7.12. The lowest BCUT2D eigenvalue weighted by Gasteiger charge is -2.11. The molecule has 0 aliphatic heterocycles. The molecular weight excluding hydrogens is 260 g/mol. The molecule has 2 rings (SSSR count). The van der Waals surface area contributed by atoms with Crippen LogP contribution in [-0.4, -0.2) is 6.61 Å². The largest absolute Gasteiger partial charge is 0.494 e. The maximum absolute atomic E-state index is 9.30. The van der Waals surface area contributed by atoms with Gasteiger partial charge in [-0.1, -0.05) is 24.3 Å². The molecule has 0 fully saturated rings. The number of aryl methyl sites for hydroxylation is 1. The zero-order chi connectivity index (χ0) is 15.1. The number of hydrogen-bond acceptors (Lipinski definition) is 3.